The van der Waals surface area contributed by atoms with Crippen molar-refractivity contribution in [1.29, 1.82) is 0 Å². The van der Waals surface area contributed by atoms with Crippen LogP contribution < -0.4 is 5.73 Å². The molecule has 0 spiro atoms. The van der Waals surface area contributed by atoms with Crippen molar-refractivity contribution in [2.75, 3.05) is 5.73 Å². The molecule has 1 aromatic carbocycles. The predicted octanol–water partition coefficient (Wildman–Crippen LogP) is 3.32. The summed E-state index contributed by atoms with van der Waals surface area (Å²) in [4.78, 5) is 11.7. The van der Waals surface area contributed by atoms with E-state index in [1.165, 1.54) is 0 Å². The van der Waals surface area contributed by atoms with Gasteiger partial charge in [0.25, 0.3) is 0 Å². The van der Waals surface area contributed by atoms with E-state index in [2.05, 4.69) is 15.9 Å². The van der Waals surface area contributed by atoms with Gasteiger partial charge in [0, 0.05) is 22.1 Å². The maximum Gasteiger partial charge on any atom is 0.163 e. The van der Waals surface area contributed by atoms with Gasteiger partial charge in [-0.25, -0.2) is 0 Å². The first-order valence-corrected chi connectivity index (χ1v) is 5.44. The summed E-state index contributed by atoms with van der Waals surface area (Å²) >= 11 is 3.33. The fourth-order valence-electron chi connectivity index (χ4n) is 1.35. The highest BCUT2D eigenvalue weighted by molar-refractivity contribution is 9.10. The Morgan fingerprint density at radius 2 is 2.14 bits per heavy atom. The quantitative estimate of drug-likeness (QED) is 0.665. The summed E-state index contributed by atoms with van der Waals surface area (Å²) in [5, 5.41) is 0. The predicted molar refractivity (Wildman–Crippen MR) is 62.5 cm³/mol. The van der Waals surface area contributed by atoms with Crippen LogP contribution in [0.25, 0.3) is 0 Å². The number of rotatable bonds is 3. The molecule has 2 nitrogen and oxygen atoms in total. The molecule has 2 N–H and O–H groups in total. The molecular weight excluding hydrogens is 242 g/mol. The molecule has 3 heteroatoms. The van der Waals surface area contributed by atoms with Gasteiger partial charge in [0.05, 0.1) is 0 Å². The molecule has 0 amide bonds. The van der Waals surface area contributed by atoms with E-state index in [-0.39, 0.29) is 5.78 Å². The van der Waals surface area contributed by atoms with Crippen LogP contribution in [0.5, 0.6) is 0 Å². The molecule has 0 aliphatic rings. The zero-order chi connectivity index (χ0) is 10.7. The van der Waals surface area contributed by atoms with Gasteiger partial charge in [-0.1, -0.05) is 22.9 Å². The molecule has 0 aromatic heterocycles. The molecule has 1 aromatic rings. The number of nitrogens with two attached hydrogens (primary N) is 1. The monoisotopic (exact) mass is 255 g/mol. The number of carbonyl (C=O) groups excluding carboxylic acids is 1. The number of carbonyl (C=O) groups is 1. The summed E-state index contributed by atoms with van der Waals surface area (Å²) in [7, 11) is 0. The SMILES string of the molecule is CCCC(=O)c1cc(Br)cc(N)c1C. The average Bonchev–Trinajstić information content (AvgIpc) is 2.11. The molecule has 0 atom stereocenters. The second-order valence-corrected chi connectivity index (χ2v) is 4.26. The van der Waals surface area contributed by atoms with Gasteiger partial charge in [0.2, 0.25) is 0 Å². The van der Waals surface area contributed by atoms with E-state index in [9.17, 15) is 4.79 Å². The minimum absolute atomic E-state index is 0.165. The number of halogens is 1. The third kappa shape index (κ3) is 2.35. The summed E-state index contributed by atoms with van der Waals surface area (Å²) in [5.74, 6) is 0.165. The number of nitrogen functional groups attached to an aromatic ring is 1. The Morgan fingerprint density at radius 1 is 1.50 bits per heavy atom. The van der Waals surface area contributed by atoms with Crippen LogP contribution in [0, 0.1) is 6.92 Å². The molecule has 0 aliphatic carbocycles. The van der Waals surface area contributed by atoms with Crippen molar-refractivity contribution in [1.82, 2.24) is 0 Å². The molecule has 0 saturated carbocycles. The van der Waals surface area contributed by atoms with Crippen LogP contribution in [0.2, 0.25) is 0 Å². The maximum absolute atomic E-state index is 11.7. The highest BCUT2D eigenvalue weighted by Crippen LogP contribution is 2.23. The maximum atomic E-state index is 11.7. The van der Waals surface area contributed by atoms with E-state index < -0.39 is 0 Å². The Labute approximate surface area is 92.6 Å². The van der Waals surface area contributed by atoms with Crippen LogP contribution in [0.4, 0.5) is 5.69 Å². The van der Waals surface area contributed by atoms with E-state index in [0.717, 1.165) is 22.0 Å². The van der Waals surface area contributed by atoms with Crippen LogP contribution >= 0.6 is 15.9 Å². The minimum Gasteiger partial charge on any atom is -0.398 e. The van der Waals surface area contributed by atoms with E-state index >= 15 is 0 Å². The number of anilines is 1. The number of ketones is 1. The number of benzene rings is 1. The fraction of sp³-hybridized carbons (Fsp3) is 0.364. The smallest absolute Gasteiger partial charge is 0.163 e. The van der Waals surface area contributed by atoms with Gasteiger partial charge in [-0.2, -0.15) is 0 Å². The van der Waals surface area contributed by atoms with Gasteiger partial charge in [-0.05, 0) is 31.0 Å². The molecule has 0 saturated heterocycles. The standard InChI is InChI=1S/C11H14BrNO/c1-3-4-11(14)9-5-8(12)6-10(13)7(9)2/h5-6H,3-4,13H2,1-2H3. The summed E-state index contributed by atoms with van der Waals surface area (Å²) < 4.78 is 0.861. The molecule has 0 aliphatic heterocycles. The molecular formula is C11H14BrNO. The third-order valence-corrected chi connectivity index (χ3v) is 2.65. The van der Waals surface area contributed by atoms with Gasteiger partial charge < -0.3 is 5.73 Å². The lowest BCUT2D eigenvalue weighted by molar-refractivity contribution is 0.0981. The van der Waals surface area contributed by atoms with Crippen LogP contribution in [-0.2, 0) is 0 Å². The average molecular weight is 256 g/mol. The molecule has 14 heavy (non-hydrogen) atoms. The van der Waals surface area contributed by atoms with Crippen molar-refractivity contribution >= 4 is 27.4 Å². The van der Waals surface area contributed by atoms with Gasteiger partial charge in [-0.3, -0.25) is 4.79 Å². The van der Waals surface area contributed by atoms with Gasteiger partial charge >= 0.3 is 0 Å². The summed E-state index contributed by atoms with van der Waals surface area (Å²) in [6.45, 7) is 3.87. The summed E-state index contributed by atoms with van der Waals surface area (Å²) in [6, 6.07) is 3.65. The van der Waals surface area contributed by atoms with Crippen molar-refractivity contribution in [2.45, 2.75) is 26.7 Å². The largest absolute Gasteiger partial charge is 0.398 e. The first kappa shape index (κ1) is 11.2. The highest BCUT2D eigenvalue weighted by atomic mass is 79.9. The molecule has 0 bridgehead atoms. The van der Waals surface area contributed by atoms with Crippen molar-refractivity contribution in [3.63, 3.8) is 0 Å². The minimum atomic E-state index is 0.165. The lowest BCUT2D eigenvalue weighted by Gasteiger charge is -2.07. The molecule has 0 radical (unpaired) electrons. The van der Waals surface area contributed by atoms with Gasteiger partial charge in [0.1, 0.15) is 0 Å². The normalized spacial score (nSPS) is 10.2. The Morgan fingerprint density at radius 3 is 2.71 bits per heavy atom. The van der Waals surface area contributed by atoms with E-state index in [1.54, 1.807) is 0 Å². The molecule has 0 fully saturated rings. The van der Waals surface area contributed by atoms with E-state index in [4.69, 9.17) is 5.73 Å². The zero-order valence-electron chi connectivity index (χ0n) is 8.43. The van der Waals surface area contributed by atoms with Crippen LogP contribution in [0.1, 0.15) is 35.7 Å². The Hall–Kier alpha value is -0.830. The van der Waals surface area contributed by atoms with Crippen LogP contribution in [-0.4, -0.2) is 5.78 Å². The fourth-order valence-corrected chi connectivity index (χ4v) is 1.83. The zero-order valence-corrected chi connectivity index (χ0v) is 10.0. The topological polar surface area (TPSA) is 43.1 Å². The van der Waals surface area contributed by atoms with Crippen molar-refractivity contribution in [3.8, 4) is 0 Å². The van der Waals surface area contributed by atoms with Gasteiger partial charge in [0.15, 0.2) is 5.78 Å². The van der Waals surface area contributed by atoms with E-state index in [0.29, 0.717) is 12.1 Å². The lowest BCUT2D eigenvalue weighted by Crippen LogP contribution is -2.03. The van der Waals surface area contributed by atoms with Crippen molar-refractivity contribution in [3.05, 3.63) is 27.7 Å². The Kier molecular flexibility index (Phi) is 3.69. The molecule has 76 valence electrons. The molecule has 1 rings (SSSR count). The second-order valence-electron chi connectivity index (χ2n) is 3.34. The van der Waals surface area contributed by atoms with Crippen molar-refractivity contribution in [2.24, 2.45) is 0 Å². The first-order chi connectivity index (χ1) is 6.56. The molecule has 0 unspecified atom stereocenters. The summed E-state index contributed by atoms with van der Waals surface area (Å²) in [5.41, 5.74) is 8.05. The molecule has 0 heterocycles. The first-order valence-electron chi connectivity index (χ1n) is 4.65. The number of Topliss-reactive ketones (excluding diaryl/α,β-unsaturated/α-hetero) is 1. The second kappa shape index (κ2) is 4.60. The van der Waals surface area contributed by atoms with Gasteiger partial charge in [-0.15, -0.1) is 0 Å². The van der Waals surface area contributed by atoms with Crippen molar-refractivity contribution < 1.29 is 4.79 Å². The summed E-state index contributed by atoms with van der Waals surface area (Å²) in [6.07, 6.45) is 1.45. The Balaban J connectivity index is 3.13. The number of hydrogen-bond acceptors (Lipinski definition) is 2. The van der Waals surface area contributed by atoms with Crippen LogP contribution in [0.15, 0.2) is 16.6 Å². The van der Waals surface area contributed by atoms with Crippen LogP contribution in [0.3, 0.4) is 0 Å². The van der Waals surface area contributed by atoms with E-state index in [1.807, 2.05) is 26.0 Å². The number of hydrogen-bond donors (Lipinski definition) is 1. The Bertz CT molecular complexity index is 361. The highest BCUT2D eigenvalue weighted by Gasteiger charge is 2.10. The lowest BCUT2D eigenvalue weighted by atomic mass is 10.0. The third-order valence-electron chi connectivity index (χ3n) is 2.19.